The molecule has 0 saturated heterocycles. The van der Waals surface area contributed by atoms with Crippen molar-refractivity contribution in [3.8, 4) is 11.5 Å². The van der Waals surface area contributed by atoms with E-state index in [1.165, 1.54) is 18.5 Å². The zero-order valence-electron chi connectivity index (χ0n) is 15.0. The van der Waals surface area contributed by atoms with Crippen molar-refractivity contribution < 1.29 is 18.6 Å². The average molecular weight is 392 g/mol. The minimum atomic E-state index is -0.480. The van der Waals surface area contributed by atoms with Crippen LogP contribution in [0.25, 0.3) is 10.9 Å². The summed E-state index contributed by atoms with van der Waals surface area (Å²) in [5.74, 6) is 1.23. The number of methoxy groups -OCH3 is 1. The molecule has 8 heteroatoms. The molecule has 0 radical (unpaired) electrons. The lowest BCUT2D eigenvalue weighted by molar-refractivity contribution is 0.143. The van der Waals surface area contributed by atoms with E-state index in [4.69, 9.17) is 25.8 Å². The van der Waals surface area contributed by atoms with E-state index in [-0.39, 0.29) is 5.02 Å². The highest BCUT2D eigenvalue weighted by Gasteiger charge is 2.13. The number of ether oxygens (including phenoxy) is 3. The molecule has 6 nitrogen and oxygen atoms in total. The molecular weight excluding hydrogens is 373 g/mol. The summed E-state index contributed by atoms with van der Waals surface area (Å²) in [6, 6.07) is 7.98. The number of rotatable bonds is 8. The molecule has 0 atom stereocenters. The number of benzene rings is 2. The number of halogens is 2. The summed E-state index contributed by atoms with van der Waals surface area (Å²) in [7, 11) is 1.61. The molecule has 0 saturated carbocycles. The standard InChI is InChI=1S/C19H19ClFN3O3/c1-3-26-17-9-13-16(10-18(17)27-7-6-25-2)22-11-23-19(13)24-12-4-5-15(21)14(20)8-12/h4-5,8-11H,3,6-7H2,1-2H3,(H,22,23,24). The molecular formula is C19H19ClFN3O3. The minimum absolute atomic E-state index is 0.0298. The molecule has 0 aliphatic heterocycles. The van der Waals surface area contributed by atoms with Crippen molar-refractivity contribution >= 4 is 34.0 Å². The summed E-state index contributed by atoms with van der Waals surface area (Å²) in [6.45, 7) is 3.23. The normalized spacial score (nSPS) is 10.8. The van der Waals surface area contributed by atoms with Crippen LogP contribution in [0.2, 0.25) is 5.02 Å². The molecule has 0 spiro atoms. The number of aromatic nitrogens is 2. The molecule has 1 heterocycles. The van der Waals surface area contributed by atoms with Crippen LogP contribution in [0.15, 0.2) is 36.7 Å². The van der Waals surface area contributed by atoms with Crippen LogP contribution in [0.1, 0.15) is 6.92 Å². The van der Waals surface area contributed by atoms with Gasteiger partial charge < -0.3 is 19.5 Å². The van der Waals surface area contributed by atoms with Gasteiger partial charge in [-0.05, 0) is 31.2 Å². The Bertz CT molecular complexity index is 939. The van der Waals surface area contributed by atoms with E-state index in [0.717, 1.165) is 5.39 Å². The lowest BCUT2D eigenvalue weighted by Gasteiger charge is -2.14. The van der Waals surface area contributed by atoms with Gasteiger partial charge in [-0.25, -0.2) is 14.4 Å². The van der Waals surface area contributed by atoms with Gasteiger partial charge in [0.25, 0.3) is 0 Å². The fraction of sp³-hybridized carbons (Fsp3) is 0.263. The van der Waals surface area contributed by atoms with Gasteiger partial charge in [0, 0.05) is 24.2 Å². The van der Waals surface area contributed by atoms with Crippen molar-refractivity contribution in [3.05, 3.63) is 47.5 Å². The predicted octanol–water partition coefficient (Wildman–Crippen LogP) is 4.59. The van der Waals surface area contributed by atoms with E-state index in [1.54, 1.807) is 19.2 Å². The second-order valence-electron chi connectivity index (χ2n) is 5.57. The summed E-state index contributed by atoms with van der Waals surface area (Å²) in [5.41, 5.74) is 1.29. The fourth-order valence-corrected chi connectivity index (χ4v) is 2.67. The third-order valence-electron chi connectivity index (χ3n) is 3.73. The third-order valence-corrected chi connectivity index (χ3v) is 4.02. The highest BCUT2D eigenvalue weighted by Crippen LogP contribution is 2.35. The quantitative estimate of drug-likeness (QED) is 0.566. The first-order chi connectivity index (χ1) is 13.1. The van der Waals surface area contributed by atoms with Crippen LogP contribution in [-0.4, -0.2) is 36.9 Å². The van der Waals surface area contributed by atoms with Crippen LogP contribution in [0.4, 0.5) is 15.9 Å². The highest BCUT2D eigenvalue weighted by atomic mass is 35.5. The lowest BCUT2D eigenvalue weighted by atomic mass is 10.2. The van der Waals surface area contributed by atoms with Gasteiger partial charge in [0.2, 0.25) is 0 Å². The molecule has 0 unspecified atom stereocenters. The Morgan fingerprint density at radius 2 is 1.89 bits per heavy atom. The summed E-state index contributed by atoms with van der Waals surface area (Å²) < 4.78 is 29.8. The van der Waals surface area contributed by atoms with Crippen LogP contribution in [0, 0.1) is 5.82 Å². The molecule has 0 amide bonds. The maximum Gasteiger partial charge on any atom is 0.163 e. The van der Waals surface area contributed by atoms with Crippen molar-refractivity contribution in [3.63, 3.8) is 0 Å². The zero-order chi connectivity index (χ0) is 19.2. The first-order valence-electron chi connectivity index (χ1n) is 8.37. The van der Waals surface area contributed by atoms with Crippen LogP contribution < -0.4 is 14.8 Å². The first-order valence-corrected chi connectivity index (χ1v) is 8.75. The van der Waals surface area contributed by atoms with Crippen molar-refractivity contribution in [2.24, 2.45) is 0 Å². The first kappa shape index (κ1) is 19.1. The number of nitrogens with zero attached hydrogens (tertiary/aromatic N) is 2. The van der Waals surface area contributed by atoms with Gasteiger partial charge in [-0.3, -0.25) is 0 Å². The smallest absolute Gasteiger partial charge is 0.163 e. The Morgan fingerprint density at radius 3 is 2.63 bits per heavy atom. The van der Waals surface area contributed by atoms with Crippen LogP contribution in [-0.2, 0) is 4.74 Å². The summed E-state index contributed by atoms with van der Waals surface area (Å²) >= 11 is 5.85. The minimum Gasteiger partial charge on any atom is -0.490 e. The Morgan fingerprint density at radius 1 is 1.07 bits per heavy atom. The Hall–Kier alpha value is -2.64. The fourth-order valence-electron chi connectivity index (χ4n) is 2.49. The summed E-state index contributed by atoms with van der Waals surface area (Å²) in [5, 5.41) is 3.90. The second-order valence-corrected chi connectivity index (χ2v) is 5.97. The van der Waals surface area contributed by atoms with Crippen molar-refractivity contribution in [2.75, 3.05) is 32.2 Å². The Labute approximate surface area is 161 Å². The molecule has 0 aliphatic rings. The number of hydrogen-bond donors (Lipinski definition) is 1. The SMILES string of the molecule is CCOc1cc2c(Nc3ccc(F)c(Cl)c3)ncnc2cc1OCCOC. The number of anilines is 2. The van der Waals surface area contributed by atoms with Crippen LogP contribution >= 0.6 is 11.6 Å². The lowest BCUT2D eigenvalue weighted by Crippen LogP contribution is -2.06. The maximum atomic E-state index is 13.4. The topological polar surface area (TPSA) is 65.5 Å². The molecule has 0 aliphatic carbocycles. The van der Waals surface area contributed by atoms with Crippen LogP contribution in [0.3, 0.4) is 0 Å². The predicted molar refractivity (Wildman–Crippen MR) is 103 cm³/mol. The monoisotopic (exact) mass is 391 g/mol. The van der Waals surface area contributed by atoms with Crippen molar-refractivity contribution in [2.45, 2.75) is 6.92 Å². The van der Waals surface area contributed by atoms with Gasteiger partial charge in [0.15, 0.2) is 11.5 Å². The average Bonchev–Trinajstić information content (AvgIpc) is 2.66. The number of fused-ring (bicyclic) bond motifs is 1. The molecule has 142 valence electrons. The van der Waals surface area contributed by atoms with E-state index in [1.807, 2.05) is 13.0 Å². The van der Waals surface area contributed by atoms with Crippen molar-refractivity contribution in [1.29, 1.82) is 0 Å². The van der Waals surface area contributed by atoms with Gasteiger partial charge >= 0.3 is 0 Å². The maximum absolute atomic E-state index is 13.4. The van der Waals surface area contributed by atoms with Crippen LogP contribution in [0.5, 0.6) is 11.5 Å². The van der Waals surface area contributed by atoms with E-state index in [2.05, 4.69) is 15.3 Å². The molecule has 0 fully saturated rings. The highest BCUT2D eigenvalue weighted by molar-refractivity contribution is 6.31. The summed E-state index contributed by atoms with van der Waals surface area (Å²) in [6.07, 6.45) is 1.44. The Balaban J connectivity index is 1.98. The number of nitrogens with one attached hydrogen (secondary N) is 1. The number of hydrogen-bond acceptors (Lipinski definition) is 6. The Kier molecular flexibility index (Phi) is 6.26. The zero-order valence-corrected chi connectivity index (χ0v) is 15.7. The van der Waals surface area contributed by atoms with Crippen molar-refractivity contribution in [1.82, 2.24) is 9.97 Å². The van der Waals surface area contributed by atoms with Gasteiger partial charge in [-0.15, -0.1) is 0 Å². The largest absolute Gasteiger partial charge is 0.490 e. The molecule has 0 bridgehead atoms. The van der Waals surface area contributed by atoms with Gasteiger partial charge in [0.05, 0.1) is 23.8 Å². The van der Waals surface area contributed by atoms with Gasteiger partial charge in [0.1, 0.15) is 24.6 Å². The second kappa shape index (κ2) is 8.83. The van der Waals surface area contributed by atoms with E-state index in [9.17, 15) is 4.39 Å². The van der Waals surface area contributed by atoms with E-state index >= 15 is 0 Å². The molecule has 3 rings (SSSR count). The molecule has 27 heavy (non-hydrogen) atoms. The van der Waals surface area contributed by atoms with Gasteiger partial charge in [-0.2, -0.15) is 0 Å². The molecule has 3 aromatic rings. The summed E-state index contributed by atoms with van der Waals surface area (Å²) in [4.78, 5) is 8.59. The third kappa shape index (κ3) is 4.56. The van der Waals surface area contributed by atoms with Gasteiger partial charge in [-0.1, -0.05) is 11.6 Å². The van der Waals surface area contributed by atoms with E-state index < -0.39 is 5.82 Å². The van der Waals surface area contributed by atoms with E-state index in [0.29, 0.717) is 48.3 Å². The molecule has 1 aromatic heterocycles. The molecule has 2 aromatic carbocycles. The molecule has 1 N–H and O–H groups in total.